The van der Waals surface area contributed by atoms with E-state index in [0.29, 0.717) is 35.7 Å². The summed E-state index contributed by atoms with van der Waals surface area (Å²) in [6, 6.07) is 0.888. The molecule has 4 aliphatic rings. The van der Waals surface area contributed by atoms with Crippen LogP contribution in [0.5, 0.6) is 0 Å². The summed E-state index contributed by atoms with van der Waals surface area (Å²) in [6.45, 7) is 2.65. The Morgan fingerprint density at radius 2 is 1.78 bits per heavy atom. The van der Waals surface area contributed by atoms with Crippen molar-refractivity contribution in [3.8, 4) is 0 Å². The quantitative estimate of drug-likeness (QED) is 0.854. The average Bonchev–Trinajstić information content (AvgIpc) is 3.20. The van der Waals surface area contributed by atoms with Crippen LogP contribution in [0.4, 0.5) is 0 Å². The zero-order valence-electron chi connectivity index (χ0n) is 14.0. The van der Waals surface area contributed by atoms with E-state index in [9.17, 15) is 4.79 Å². The zero-order valence-corrected chi connectivity index (χ0v) is 14.8. The van der Waals surface area contributed by atoms with E-state index < -0.39 is 0 Å². The first-order chi connectivity index (χ1) is 10.7. The maximum atomic E-state index is 13.1. The van der Waals surface area contributed by atoms with Crippen molar-refractivity contribution in [1.82, 2.24) is 4.90 Å². The molecule has 5 heteroatoms. The van der Waals surface area contributed by atoms with Crippen molar-refractivity contribution in [1.29, 1.82) is 0 Å². The van der Waals surface area contributed by atoms with Gasteiger partial charge in [-0.1, -0.05) is 6.42 Å². The molecule has 1 saturated heterocycles. The molecule has 0 aromatic rings. The molecule has 4 nitrogen and oxygen atoms in total. The van der Waals surface area contributed by atoms with Gasteiger partial charge in [-0.05, 0) is 56.8 Å². The van der Waals surface area contributed by atoms with Crippen LogP contribution in [-0.2, 0) is 9.53 Å². The molecule has 4 rings (SSSR count). The number of ether oxygens (including phenoxy) is 1. The lowest BCUT2D eigenvalue weighted by Crippen LogP contribution is -2.50. The number of hydrogen-bond donors (Lipinski definition) is 1. The van der Waals surface area contributed by atoms with Gasteiger partial charge in [0, 0.05) is 37.1 Å². The molecule has 4 fully saturated rings. The minimum absolute atomic E-state index is 0. The number of hydrogen-bond acceptors (Lipinski definition) is 3. The van der Waals surface area contributed by atoms with Crippen LogP contribution in [0.2, 0.25) is 0 Å². The topological polar surface area (TPSA) is 55.6 Å². The highest BCUT2D eigenvalue weighted by Gasteiger charge is 2.44. The lowest BCUT2D eigenvalue weighted by molar-refractivity contribution is -0.140. The molecule has 0 aromatic carbocycles. The Hall–Kier alpha value is -0.320. The standard InChI is InChI=1S/C18H30N2O2.ClH/c19-17-13-2-1-3-14(17)9-15(8-13)18(21)20(16-4-5-16)10-12-6-7-22-11-12;/h12-17H,1-11,19H2;1H. The van der Waals surface area contributed by atoms with E-state index in [2.05, 4.69) is 4.90 Å². The molecule has 23 heavy (non-hydrogen) atoms. The minimum Gasteiger partial charge on any atom is -0.381 e. The third-order valence-electron chi connectivity index (χ3n) is 6.51. The van der Waals surface area contributed by atoms with Crippen molar-refractivity contribution >= 4 is 18.3 Å². The number of carbonyl (C=O) groups is 1. The van der Waals surface area contributed by atoms with Crippen LogP contribution in [-0.4, -0.2) is 42.6 Å². The Morgan fingerprint density at radius 1 is 1.09 bits per heavy atom. The number of fused-ring (bicyclic) bond motifs is 2. The molecule has 0 aromatic heterocycles. The molecule has 0 radical (unpaired) electrons. The van der Waals surface area contributed by atoms with E-state index >= 15 is 0 Å². The molecular formula is C18H31ClN2O2. The summed E-state index contributed by atoms with van der Waals surface area (Å²) in [6.07, 6.45) is 9.41. The fraction of sp³-hybridized carbons (Fsp3) is 0.944. The van der Waals surface area contributed by atoms with Crippen LogP contribution in [0.3, 0.4) is 0 Å². The van der Waals surface area contributed by atoms with Gasteiger partial charge in [0.15, 0.2) is 0 Å². The van der Waals surface area contributed by atoms with E-state index in [4.69, 9.17) is 10.5 Å². The summed E-state index contributed by atoms with van der Waals surface area (Å²) in [5.41, 5.74) is 6.39. The molecule has 132 valence electrons. The molecule has 1 aliphatic heterocycles. The van der Waals surface area contributed by atoms with Gasteiger partial charge in [-0.15, -0.1) is 12.4 Å². The fourth-order valence-corrected chi connectivity index (χ4v) is 5.04. The third kappa shape index (κ3) is 3.69. The number of rotatable bonds is 4. The van der Waals surface area contributed by atoms with Gasteiger partial charge in [0.25, 0.3) is 0 Å². The van der Waals surface area contributed by atoms with E-state index in [1.54, 1.807) is 0 Å². The Morgan fingerprint density at radius 3 is 2.35 bits per heavy atom. The van der Waals surface area contributed by atoms with Crippen LogP contribution in [0.25, 0.3) is 0 Å². The molecule has 2 bridgehead atoms. The van der Waals surface area contributed by atoms with Crippen molar-refractivity contribution in [3.63, 3.8) is 0 Å². The van der Waals surface area contributed by atoms with Crippen molar-refractivity contribution in [2.24, 2.45) is 29.4 Å². The largest absolute Gasteiger partial charge is 0.381 e. The molecular weight excluding hydrogens is 312 g/mol. The molecule has 2 N–H and O–H groups in total. The van der Waals surface area contributed by atoms with Crippen molar-refractivity contribution in [2.75, 3.05) is 19.8 Å². The number of amides is 1. The zero-order chi connectivity index (χ0) is 15.1. The van der Waals surface area contributed by atoms with E-state index in [-0.39, 0.29) is 18.3 Å². The summed E-state index contributed by atoms with van der Waals surface area (Å²) in [4.78, 5) is 15.4. The van der Waals surface area contributed by atoms with Crippen LogP contribution in [0, 0.1) is 23.7 Å². The third-order valence-corrected chi connectivity index (χ3v) is 6.51. The first-order valence-electron chi connectivity index (χ1n) is 9.36. The minimum atomic E-state index is 0. The fourth-order valence-electron chi connectivity index (χ4n) is 5.04. The highest BCUT2D eigenvalue weighted by Crippen LogP contribution is 2.43. The van der Waals surface area contributed by atoms with Gasteiger partial charge >= 0.3 is 0 Å². The summed E-state index contributed by atoms with van der Waals surface area (Å²) in [7, 11) is 0. The number of nitrogens with zero attached hydrogens (tertiary/aromatic N) is 1. The Kier molecular flexibility index (Phi) is 5.54. The normalized spacial score (nSPS) is 39.6. The maximum absolute atomic E-state index is 13.1. The lowest BCUT2D eigenvalue weighted by atomic mass is 9.65. The van der Waals surface area contributed by atoms with Crippen molar-refractivity contribution in [3.05, 3.63) is 0 Å². The van der Waals surface area contributed by atoms with Gasteiger partial charge < -0.3 is 15.4 Å². The van der Waals surface area contributed by atoms with Gasteiger partial charge in [-0.3, -0.25) is 4.79 Å². The van der Waals surface area contributed by atoms with Crippen molar-refractivity contribution < 1.29 is 9.53 Å². The van der Waals surface area contributed by atoms with Crippen molar-refractivity contribution in [2.45, 2.75) is 63.5 Å². The van der Waals surface area contributed by atoms with Gasteiger partial charge in [0.05, 0.1) is 6.61 Å². The maximum Gasteiger partial charge on any atom is 0.225 e. The predicted octanol–water partition coefficient (Wildman–Crippen LogP) is 2.59. The van der Waals surface area contributed by atoms with Gasteiger partial charge in [0.1, 0.15) is 0 Å². The first-order valence-corrected chi connectivity index (χ1v) is 9.36. The van der Waals surface area contributed by atoms with Gasteiger partial charge in [0.2, 0.25) is 5.91 Å². The highest BCUT2D eigenvalue weighted by molar-refractivity contribution is 5.85. The smallest absolute Gasteiger partial charge is 0.225 e. The first kappa shape index (κ1) is 17.5. The molecule has 1 heterocycles. The van der Waals surface area contributed by atoms with E-state index in [1.807, 2.05) is 0 Å². The van der Waals surface area contributed by atoms with Crippen LogP contribution >= 0.6 is 12.4 Å². The molecule has 3 unspecified atom stereocenters. The molecule has 3 atom stereocenters. The predicted molar refractivity (Wildman–Crippen MR) is 92.4 cm³/mol. The summed E-state index contributed by atoms with van der Waals surface area (Å²) in [5, 5.41) is 0. The number of nitrogens with two attached hydrogens (primary N) is 1. The highest BCUT2D eigenvalue weighted by atomic mass is 35.5. The van der Waals surface area contributed by atoms with Gasteiger partial charge in [-0.2, -0.15) is 0 Å². The molecule has 3 aliphatic carbocycles. The SMILES string of the molecule is Cl.NC1C2CCCC1CC(C(=O)N(CC1CCOC1)C1CC1)C2. The van der Waals surface area contributed by atoms with E-state index in [0.717, 1.165) is 39.0 Å². The average molecular weight is 343 g/mol. The second-order valence-corrected chi connectivity index (χ2v) is 8.15. The van der Waals surface area contributed by atoms with E-state index in [1.165, 1.54) is 32.1 Å². The van der Waals surface area contributed by atoms with Crippen LogP contribution in [0.15, 0.2) is 0 Å². The molecule has 0 spiro atoms. The summed E-state index contributed by atoms with van der Waals surface area (Å²) < 4.78 is 5.50. The van der Waals surface area contributed by atoms with Crippen LogP contribution in [0.1, 0.15) is 51.4 Å². The number of halogens is 1. The Balaban J connectivity index is 0.00000156. The monoisotopic (exact) mass is 342 g/mol. The summed E-state index contributed by atoms with van der Waals surface area (Å²) >= 11 is 0. The second-order valence-electron chi connectivity index (χ2n) is 8.15. The molecule has 3 saturated carbocycles. The Bertz CT molecular complexity index is 409. The number of carbonyl (C=O) groups excluding carboxylic acids is 1. The lowest BCUT2D eigenvalue weighted by Gasteiger charge is -2.44. The molecule has 1 amide bonds. The van der Waals surface area contributed by atoms with Crippen LogP contribution < -0.4 is 5.73 Å². The van der Waals surface area contributed by atoms with Gasteiger partial charge in [-0.25, -0.2) is 0 Å². The Labute approximate surface area is 145 Å². The second kappa shape index (κ2) is 7.28. The summed E-state index contributed by atoms with van der Waals surface area (Å²) in [5.74, 6) is 2.45.